The predicted molar refractivity (Wildman–Crippen MR) is 79.5 cm³/mol. The molecule has 20 heavy (non-hydrogen) atoms. The summed E-state index contributed by atoms with van der Waals surface area (Å²) in [5.41, 5.74) is 0.987. The minimum absolute atomic E-state index is 0.328. The lowest BCUT2D eigenvalue weighted by molar-refractivity contribution is -0.0861. The summed E-state index contributed by atoms with van der Waals surface area (Å²) in [5.74, 6) is 0.777. The molecule has 0 spiro atoms. The topological polar surface area (TPSA) is 36.9 Å². The number of ether oxygens (including phenoxy) is 4. The van der Waals surface area contributed by atoms with Gasteiger partial charge < -0.3 is 18.9 Å². The largest absolute Gasteiger partial charge is 0.465 e. The monoisotopic (exact) mass is 302 g/mol. The van der Waals surface area contributed by atoms with Gasteiger partial charge in [-0.2, -0.15) is 0 Å². The summed E-state index contributed by atoms with van der Waals surface area (Å²) in [6.45, 7) is 8.70. The van der Waals surface area contributed by atoms with Gasteiger partial charge in [-0.05, 0) is 44.5 Å². The van der Waals surface area contributed by atoms with Crippen LogP contribution in [0.5, 0.6) is 5.75 Å². The second kappa shape index (κ2) is 10.00. The molecule has 4 nitrogen and oxygen atoms in total. The smallest absolute Gasteiger partial charge is 0.197 e. The number of benzene rings is 1. The van der Waals surface area contributed by atoms with E-state index in [1.807, 2.05) is 32.9 Å². The fourth-order valence-electron chi connectivity index (χ4n) is 1.60. The Balaban J connectivity index is 2.15. The van der Waals surface area contributed by atoms with Gasteiger partial charge >= 0.3 is 0 Å². The molecule has 0 aliphatic rings. The second-order valence-electron chi connectivity index (χ2n) is 4.28. The Morgan fingerprint density at radius 1 is 1.10 bits per heavy atom. The van der Waals surface area contributed by atoms with Crippen molar-refractivity contribution < 1.29 is 18.9 Å². The van der Waals surface area contributed by atoms with Gasteiger partial charge in [0.1, 0.15) is 5.75 Å². The predicted octanol–water partition coefficient (Wildman–Crippen LogP) is 3.44. The number of hydrogen-bond acceptors (Lipinski definition) is 4. The van der Waals surface area contributed by atoms with Gasteiger partial charge in [-0.25, -0.2) is 0 Å². The van der Waals surface area contributed by atoms with Crippen molar-refractivity contribution in [3.8, 4) is 5.75 Å². The van der Waals surface area contributed by atoms with E-state index in [0.717, 1.165) is 11.3 Å². The highest BCUT2D eigenvalue weighted by Gasteiger charge is 2.06. The Bertz CT molecular complexity index is 384. The molecule has 0 N–H and O–H groups in total. The lowest BCUT2D eigenvalue weighted by atomic mass is 10.2. The summed E-state index contributed by atoms with van der Waals surface area (Å²) in [4.78, 5) is 0. The molecule has 1 aromatic carbocycles. The summed E-state index contributed by atoms with van der Waals surface area (Å²) >= 11 is 5.89. The molecule has 0 radical (unpaired) electrons. The van der Waals surface area contributed by atoms with Crippen LogP contribution in [0.4, 0.5) is 0 Å². The third-order valence-corrected chi connectivity index (χ3v) is 2.82. The maximum absolute atomic E-state index is 5.89. The maximum Gasteiger partial charge on any atom is 0.197 e. The van der Waals surface area contributed by atoms with Gasteiger partial charge in [-0.1, -0.05) is 11.6 Å². The molecule has 0 aliphatic carbocycles. The summed E-state index contributed by atoms with van der Waals surface area (Å²) in [5, 5.41) is 0.700. The van der Waals surface area contributed by atoms with Crippen LogP contribution in [0, 0.1) is 6.92 Å². The molecule has 0 saturated carbocycles. The van der Waals surface area contributed by atoms with Crippen molar-refractivity contribution in [1.29, 1.82) is 0 Å². The zero-order valence-electron chi connectivity index (χ0n) is 12.4. The van der Waals surface area contributed by atoms with Crippen LogP contribution in [-0.4, -0.2) is 39.3 Å². The minimum atomic E-state index is -0.328. The molecule has 1 unspecified atom stereocenters. The van der Waals surface area contributed by atoms with Gasteiger partial charge in [0, 0.05) is 11.6 Å². The molecule has 1 atom stereocenters. The van der Waals surface area contributed by atoms with Crippen LogP contribution in [0.15, 0.2) is 18.2 Å². The Labute approximate surface area is 125 Å². The second-order valence-corrected chi connectivity index (χ2v) is 4.71. The van der Waals surface area contributed by atoms with Gasteiger partial charge in [0.25, 0.3) is 0 Å². The number of aryl methyl sites for hydroxylation is 1. The number of halogens is 1. The normalized spacial score (nSPS) is 12.4. The first kappa shape index (κ1) is 17.2. The molecule has 0 bridgehead atoms. The maximum atomic E-state index is 5.89. The lowest BCUT2D eigenvalue weighted by Gasteiger charge is -2.17. The SMILES string of the molecule is CCOCCOCCOC(C)Oc1ccc(Cl)cc1C. The molecule has 0 aromatic heterocycles. The van der Waals surface area contributed by atoms with Crippen molar-refractivity contribution in [2.45, 2.75) is 27.1 Å². The fraction of sp³-hybridized carbons (Fsp3) is 0.600. The third kappa shape index (κ3) is 7.10. The van der Waals surface area contributed by atoms with E-state index in [-0.39, 0.29) is 6.29 Å². The quantitative estimate of drug-likeness (QED) is 0.490. The van der Waals surface area contributed by atoms with Gasteiger partial charge in [0.2, 0.25) is 0 Å². The molecule has 0 saturated heterocycles. The van der Waals surface area contributed by atoms with E-state index in [2.05, 4.69) is 0 Å². The van der Waals surface area contributed by atoms with Gasteiger partial charge in [0.15, 0.2) is 6.29 Å². The van der Waals surface area contributed by atoms with Crippen LogP contribution < -0.4 is 4.74 Å². The van der Waals surface area contributed by atoms with Crippen molar-refractivity contribution in [2.75, 3.05) is 33.0 Å². The van der Waals surface area contributed by atoms with E-state index < -0.39 is 0 Å². The van der Waals surface area contributed by atoms with Crippen LogP contribution in [-0.2, 0) is 14.2 Å². The zero-order chi connectivity index (χ0) is 14.8. The van der Waals surface area contributed by atoms with E-state index in [1.54, 1.807) is 6.07 Å². The van der Waals surface area contributed by atoms with E-state index in [4.69, 9.17) is 30.5 Å². The van der Waals surface area contributed by atoms with Crippen molar-refractivity contribution in [2.24, 2.45) is 0 Å². The van der Waals surface area contributed by atoms with Crippen molar-refractivity contribution in [3.63, 3.8) is 0 Å². The molecule has 0 aliphatic heterocycles. The minimum Gasteiger partial charge on any atom is -0.465 e. The lowest BCUT2D eigenvalue weighted by Crippen LogP contribution is -2.20. The third-order valence-electron chi connectivity index (χ3n) is 2.59. The summed E-state index contributed by atoms with van der Waals surface area (Å²) in [6.07, 6.45) is -0.328. The average Bonchev–Trinajstić information content (AvgIpc) is 2.41. The highest BCUT2D eigenvalue weighted by molar-refractivity contribution is 6.30. The van der Waals surface area contributed by atoms with E-state index >= 15 is 0 Å². The number of rotatable bonds is 10. The Morgan fingerprint density at radius 2 is 1.80 bits per heavy atom. The molecule has 5 heteroatoms. The Morgan fingerprint density at radius 3 is 2.50 bits per heavy atom. The highest BCUT2D eigenvalue weighted by Crippen LogP contribution is 2.22. The summed E-state index contributed by atoms with van der Waals surface area (Å²) < 4.78 is 21.7. The van der Waals surface area contributed by atoms with E-state index in [1.165, 1.54) is 0 Å². The van der Waals surface area contributed by atoms with Crippen LogP contribution in [0.3, 0.4) is 0 Å². The zero-order valence-corrected chi connectivity index (χ0v) is 13.1. The van der Waals surface area contributed by atoms with Gasteiger partial charge in [-0.3, -0.25) is 0 Å². The van der Waals surface area contributed by atoms with Crippen LogP contribution in [0.2, 0.25) is 5.02 Å². The molecule has 114 valence electrons. The van der Waals surface area contributed by atoms with Crippen molar-refractivity contribution in [3.05, 3.63) is 28.8 Å². The van der Waals surface area contributed by atoms with Crippen molar-refractivity contribution >= 4 is 11.6 Å². The first-order valence-electron chi connectivity index (χ1n) is 6.83. The molecular weight excluding hydrogens is 280 g/mol. The molecule has 1 aromatic rings. The van der Waals surface area contributed by atoms with E-state index in [9.17, 15) is 0 Å². The molecule has 1 rings (SSSR count). The Kier molecular flexibility index (Phi) is 8.62. The molecular formula is C15H23ClO4. The van der Waals surface area contributed by atoms with Gasteiger partial charge in [0.05, 0.1) is 26.4 Å². The first-order valence-corrected chi connectivity index (χ1v) is 7.21. The first-order chi connectivity index (χ1) is 9.63. The van der Waals surface area contributed by atoms with Crippen LogP contribution in [0.25, 0.3) is 0 Å². The highest BCUT2D eigenvalue weighted by atomic mass is 35.5. The van der Waals surface area contributed by atoms with Crippen LogP contribution >= 0.6 is 11.6 Å². The standard InChI is InChI=1S/C15H23ClO4/c1-4-17-7-8-18-9-10-19-13(3)20-15-6-5-14(16)11-12(15)2/h5-6,11,13H,4,7-10H2,1-3H3. The van der Waals surface area contributed by atoms with Gasteiger partial charge in [-0.15, -0.1) is 0 Å². The Hall–Kier alpha value is -0.810. The van der Waals surface area contributed by atoms with Crippen molar-refractivity contribution in [1.82, 2.24) is 0 Å². The fourth-order valence-corrected chi connectivity index (χ4v) is 1.82. The molecule has 0 amide bonds. The van der Waals surface area contributed by atoms with Crippen LogP contribution in [0.1, 0.15) is 19.4 Å². The number of hydrogen-bond donors (Lipinski definition) is 0. The summed E-state index contributed by atoms with van der Waals surface area (Å²) in [6, 6.07) is 5.50. The average molecular weight is 303 g/mol. The molecule has 0 heterocycles. The van der Waals surface area contributed by atoms with E-state index in [0.29, 0.717) is 38.1 Å². The molecule has 0 fully saturated rings. The summed E-state index contributed by atoms with van der Waals surface area (Å²) in [7, 11) is 0.